The zero-order valence-corrected chi connectivity index (χ0v) is 13.8. The van der Waals surface area contributed by atoms with Crippen molar-refractivity contribution in [2.75, 3.05) is 0 Å². The third kappa shape index (κ3) is 3.71. The number of hydrogen-bond acceptors (Lipinski definition) is 4. The van der Waals surface area contributed by atoms with E-state index in [0.29, 0.717) is 10.2 Å². The molecule has 0 amide bonds. The minimum Gasteiger partial charge on any atom is -0.452 e. The molecule has 0 saturated heterocycles. The van der Waals surface area contributed by atoms with Gasteiger partial charge in [-0.15, -0.1) is 0 Å². The van der Waals surface area contributed by atoms with Crippen LogP contribution in [0.3, 0.4) is 0 Å². The molecule has 2 heterocycles. The van der Waals surface area contributed by atoms with Gasteiger partial charge in [0.15, 0.2) is 6.10 Å². The molecule has 1 aliphatic rings. The first kappa shape index (κ1) is 19.1. The van der Waals surface area contributed by atoms with E-state index >= 15 is 0 Å². The molecular formula is C16H14F6N4O. The summed E-state index contributed by atoms with van der Waals surface area (Å²) in [6.07, 6.45) is -5.46. The van der Waals surface area contributed by atoms with Gasteiger partial charge in [0, 0.05) is 23.7 Å². The summed E-state index contributed by atoms with van der Waals surface area (Å²) < 4.78 is 84.0. The lowest BCUT2D eigenvalue weighted by molar-refractivity contribution is -0.208. The van der Waals surface area contributed by atoms with Gasteiger partial charge in [0.1, 0.15) is 5.82 Å². The highest BCUT2D eigenvalue weighted by atomic mass is 19.4. The second-order valence-electron chi connectivity index (χ2n) is 6.26. The van der Waals surface area contributed by atoms with E-state index < -0.39 is 42.6 Å². The molecule has 1 aromatic carbocycles. The number of amidine groups is 1. The molecule has 0 saturated carbocycles. The second-order valence-corrected chi connectivity index (χ2v) is 6.26. The molecule has 0 unspecified atom stereocenters. The van der Waals surface area contributed by atoms with Crippen molar-refractivity contribution >= 4 is 6.02 Å². The highest BCUT2D eigenvalue weighted by Gasteiger charge is 2.50. The molecule has 146 valence electrons. The first-order valence-corrected chi connectivity index (χ1v) is 7.71. The van der Waals surface area contributed by atoms with Crippen LogP contribution in [0.4, 0.5) is 26.3 Å². The number of rotatable bonds is 3. The van der Waals surface area contributed by atoms with Crippen LogP contribution in [0.15, 0.2) is 35.6 Å². The van der Waals surface area contributed by atoms with Crippen LogP contribution in [-0.4, -0.2) is 28.1 Å². The molecule has 2 aromatic rings. The molecule has 0 fully saturated rings. The predicted molar refractivity (Wildman–Crippen MR) is 83.4 cm³/mol. The SMILES string of the molecule is C[C@@]1(c2cc(-c3cnn(C(F)F)c3)ccc2F)C[C@@H](C(F)(F)F)OC(N)=N1. The van der Waals surface area contributed by atoms with Gasteiger partial charge in [-0.1, -0.05) is 6.07 Å². The van der Waals surface area contributed by atoms with Gasteiger partial charge in [0.2, 0.25) is 0 Å². The third-order valence-electron chi connectivity index (χ3n) is 4.25. The number of ether oxygens (including phenoxy) is 1. The molecule has 0 radical (unpaired) electrons. The molecular weight excluding hydrogens is 378 g/mol. The summed E-state index contributed by atoms with van der Waals surface area (Å²) in [7, 11) is 0. The second kappa shape index (κ2) is 6.46. The minimum absolute atomic E-state index is 0.162. The average molecular weight is 392 g/mol. The Bertz CT molecular complexity index is 878. The van der Waals surface area contributed by atoms with E-state index in [1.54, 1.807) is 0 Å². The maximum Gasteiger partial charge on any atom is 0.425 e. The van der Waals surface area contributed by atoms with E-state index in [1.807, 2.05) is 0 Å². The highest BCUT2D eigenvalue weighted by Crippen LogP contribution is 2.41. The van der Waals surface area contributed by atoms with Gasteiger partial charge in [0.25, 0.3) is 6.02 Å². The first-order valence-electron chi connectivity index (χ1n) is 7.71. The van der Waals surface area contributed by atoms with Crippen molar-refractivity contribution in [1.82, 2.24) is 9.78 Å². The van der Waals surface area contributed by atoms with Crippen molar-refractivity contribution in [1.29, 1.82) is 0 Å². The topological polar surface area (TPSA) is 65.4 Å². The zero-order chi connectivity index (χ0) is 20.0. The van der Waals surface area contributed by atoms with Crippen molar-refractivity contribution in [3.63, 3.8) is 0 Å². The van der Waals surface area contributed by atoms with Crippen LogP contribution in [0.5, 0.6) is 0 Å². The van der Waals surface area contributed by atoms with Gasteiger partial charge < -0.3 is 10.5 Å². The van der Waals surface area contributed by atoms with Crippen LogP contribution in [0.1, 0.15) is 25.5 Å². The minimum atomic E-state index is -4.71. The molecule has 2 N–H and O–H groups in total. The van der Waals surface area contributed by atoms with Gasteiger partial charge in [-0.05, 0) is 24.6 Å². The fourth-order valence-corrected chi connectivity index (χ4v) is 2.93. The molecule has 1 aromatic heterocycles. The normalized spacial score (nSPS) is 23.3. The summed E-state index contributed by atoms with van der Waals surface area (Å²) in [6, 6.07) is 2.88. The van der Waals surface area contributed by atoms with Crippen molar-refractivity contribution in [3.8, 4) is 11.1 Å². The van der Waals surface area contributed by atoms with E-state index in [9.17, 15) is 26.3 Å². The van der Waals surface area contributed by atoms with Crippen molar-refractivity contribution in [3.05, 3.63) is 42.0 Å². The molecule has 0 aliphatic carbocycles. The van der Waals surface area contributed by atoms with Crippen LogP contribution < -0.4 is 5.73 Å². The maximum atomic E-state index is 14.4. The lowest BCUT2D eigenvalue weighted by atomic mass is 9.84. The van der Waals surface area contributed by atoms with Gasteiger partial charge in [-0.25, -0.2) is 14.1 Å². The molecule has 2 atom stereocenters. The lowest BCUT2D eigenvalue weighted by Crippen LogP contribution is -2.46. The number of aliphatic imine (C=N–C) groups is 1. The Hall–Kier alpha value is -2.72. The van der Waals surface area contributed by atoms with E-state index in [1.165, 1.54) is 19.1 Å². The smallest absolute Gasteiger partial charge is 0.425 e. The molecule has 27 heavy (non-hydrogen) atoms. The number of aromatic nitrogens is 2. The summed E-state index contributed by atoms with van der Waals surface area (Å²) in [5, 5.41) is 3.49. The van der Waals surface area contributed by atoms with Crippen molar-refractivity contribution in [2.24, 2.45) is 10.7 Å². The maximum absolute atomic E-state index is 14.4. The first-order chi connectivity index (χ1) is 12.5. The fourth-order valence-electron chi connectivity index (χ4n) is 2.93. The Morgan fingerprint density at radius 1 is 1.30 bits per heavy atom. The van der Waals surface area contributed by atoms with Crippen LogP contribution in [-0.2, 0) is 10.3 Å². The van der Waals surface area contributed by atoms with Crippen LogP contribution in [0, 0.1) is 5.82 Å². The monoisotopic (exact) mass is 392 g/mol. The molecule has 1 aliphatic heterocycles. The van der Waals surface area contributed by atoms with E-state index in [-0.39, 0.29) is 11.1 Å². The number of benzene rings is 1. The number of hydrogen-bond donors (Lipinski definition) is 1. The van der Waals surface area contributed by atoms with Gasteiger partial charge in [-0.2, -0.15) is 27.1 Å². The Morgan fingerprint density at radius 3 is 2.59 bits per heavy atom. The predicted octanol–water partition coefficient (Wildman–Crippen LogP) is 3.97. The molecule has 11 heteroatoms. The summed E-state index contributed by atoms with van der Waals surface area (Å²) in [5.41, 5.74) is 4.11. The number of nitrogens with zero attached hydrogens (tertiary/aromatic N) is 3. The molecule has 0 bridgehead atoms. The Kier molecular flexibility index (Phi) is 4.56. The molecule has 3 rings (SSSR count). The largest absolute Gasteiger partial charge is 0.452 e. The van der Waals surface area contributed by atoms with E-state index in [2.05, 4.69) is 14.8 Å². The van der Waals surface area contributed by atoms with Crippen LogP contribution >= 0.6 is 0 Å². The van der Waals surface area contributed by atoms with E-state index in [4.69, 9.17) is 5.73 Å². The average Bonchev–Trinajstić information content (AvgIpc) is 3.03. The Morgan fingerprint density at radius 2 is 2.00 bits per heavy atom. The van der Waals surface area contributed by atoms with Gasteiger partial charge >= 0.3 is 12.7 Å². The zero-order valence-electron chi connectivity index (χ0n) is 13.8. The molecule has 0 spiro atoms. The fraction of sp³-hybridized carbons (Fsp3) is 0.375. The summed E-state index contributed by atoms with van der Waals surface area (Å²) >= 11 is 0. The summed E-state index contributed by atoms with van der Waals surface area (Å²) in [5.74, 6) is -0.804. The summed E-state index contributed by atoms with van der Waals surface area (Å²) in [4.78, 5) is 3.87. The lowest BCUT2D eigenvalue weighted by Gasteiger charge is -2.36. The van der Waals surface area contributed by atoms with Gasteiger partial charge in [0.05, 0.1) is 11.7 Å². The molecule has 5 nitrogen and oxygen atoms in total. The Labute approximate surface area is 149 Å². The number of alkyl halides is 5. The van der Waals surface area contributed by atoms with E-state index in [0.717, 1.165) is 18.5 Å². The quantitative estimate of drug-likeness (QED) is 0.804. The van der Waals surface area contributed by atoms with Gasteiger partial charge in [-0.3, -0.25) is 0 Å². The Balaban J connectivity index is 2.04. The summed E-state index contributed by atoms with van der Waals surface area (Å²) in [6.45, 7) is -1.56. The van der Waals surface area contributed by atoms with Crippen LogP contribution in [0.2, 0.25) is 0 Å². The van der Waals surface area contributed by atoms with Crippen LogP contribution in [0.25, 0.3) is 11.1 Å². The standard InChI is InChI=1S/C16H14F6N4O/c1-15(5-12(16(20,21)22)27-14(23)25-15)10-4-8(2-3-11(10)17)9-6-24-26(7-9)13(18)19/h2-4,6-7,12-13H,5H2,1H3,(H2,23,25)/t12-,15-/m0/s1. The number of nitrogens with two attached hydrogens (primary N) is 1. The highest BCUT2D eigenvalue weighted by molar-refractivity contribution is 5.73. The van der Waals surface area contributed by atoms with Crippen molar-refractivity contribution in [2.45, 2.75) is 37.7 Å². The van der Waals surface area contributed by atoms with Crippen molar-refractivity contribution < 1.29 is 31.1 Å². The third-order valence-corrected chi connectivity index (χ3v) is 4.25. The number of halogens is 6.